The van der Waals surface area contributed by atoms with Gasteiger partial charge in [-0.05, 0) is 62.1 Å². The van der Waals surface area contributed by atoms with Crippen LogP contribution >= 0.6 is 0 Å². The molecule has 1 N–H and O–H groups in total. The molecule has 0 aliphatic heterocycles. The smallest absolute Gasteiger partial charge is 0.255 e. The lowest BCUT2D eigenvalue weighted by atomic mass is 9.98. The summed E-state index contributed by atoms with van der Waals surface area (Å²) in [6.45, 7) is 9.25. The Balaban J connectivity index is 2.13. The highest BCUT2D eigenvalue weighted by Crippen LogP contribution is 2.29. The first kappa shape index (κ1) is 18.8. The highest BCUT2D eigenvalue weighted by molar-refractivity contribution is 6.04. The molecule has 0 bridgehead atoms. The molecule has 25 heavy (non-hydrogen) atoms. The molecule has 1 amide bonds. The first-order valence-corrected chi connectivity index (χ1v) is 8.89. The van der Waals surface area contributed by atoms with Gasteiger partial charge in [-0.15, -0.1) is 0 Å². The van der Waals surface area contributed by atoms with Gasteiger partial charge in [-0.3, -0.25) is 4.79 Å². The first-order chi connectivity index (χ1) is 12.1. The van der Waals surface area contributed by atoms with Gasteiger partial charge in [-0.25, -0.2) is 0 Å². The summed E-state index contributed by atoms with van der Waals surface area (Å²) in [6, 6.07) is 13.2. The summed E-state index contributed by atoms with van der Waals surface area (Å²) in [5, 5.41) is 2.93. The van der Waals surface area contributed by atoms with Gasteiger partial charge in [-0.1, -0.05) is 26.0 Å². The lowest BCUT2D eigenvalue weighted by Crippen LogP contribution is -2.12. The van der Waals surface area contributed by atoms with Crippen LogP contribution in [0, 0.1) is 0 Å². The Hall–Kier alpha value is -2.49. The van der Waals surface area contributed by atoms with Crippen LogP contribution in [0.25, 0.3) is 0 Å². The number of carbonyl (C=O) groups is 1. The fourth-order valence-electron chi connectivity index (χ4n) is 2.53. The van der Waals surface area contributed by atoms with Gasteiger partial charge in [0, 0.05) is 11.3 Å². The molecule has 0 aliphatic rings. The summed E-state index contributed by atoms with van der Waals surface area (Å²) in [6.07, 6.45) is 1.10. The Bertz CT molecular complexity index is 695. The predicted molar refractivity (Wildman–Crippen MR) is 102 cm³/mol. The molecule has 4 heteroatoms. The van der Waals surface area contributed by atoms with Crippen LogP contribution in [0.15, 0.2) is 42.5 Å². The highest BCUT2D eigenvalue weighted by atomic mass is 16.5. The van der Waals surface area contributed by atoms with E-state index in [0.29, 0.717) is 36.2 Å². The fourth-order valence-corrected chi connectivity index (χ4v) is 2.53. The third-order valence-electron chi connectivity index (χ3n) is 4.16. The van der Waals surface area contributed by atoms with E-state index < -0.39 is 0 Å². The summed E-state index contributed by atoms with van der Waals surface area (Å²) in [5.74, 6) is 1.59. The van der Waals surface area contributed by atoms with E-state index >= 15 is 0 Å². The quantitative estimate of drug-likeness (QED) is 0.713. The SMILES string of the molecule is CCOc1ccc(C(=O)Nc2ccc(C(C)CC)cc2)cc1OCC. The van der Waals surface area contributed by atoms with Gasteiger partial charge in [0.2, 0.25) is 0 Å². The molecule has 0 aliphatic carbocycles. The Morgan fingerprint density at radius 3 is 2.20 bits per heavy atom. The standard InChI is InChI=1S/C21H27NO3/c1-5-15(4)16-8-11-18(12-9-16)22-21(23)17-10-13-19(24-6-2)20(14-17)25-7-3/h8-15H,5-7H2,1-4H3,(H,22,23). The van der Waals surface area contributed by atoms with E-state index in [1.807, 2.05) is 26.0 Å². The zero-order valence-corrected chi connectivity index (χ0v) is 15.5. The van der Waals surface area contributed by atoms with E-state index in [1.54, 1.807) is 18.2 Å². The molecular formula is C21H27NO3. The van der Waals surface area contributed by atoms with Gasteiger partial charge in [0.1, 0.15) is 0 Å². The van der Waals surface area contributed by atoms with Gasteiger partial charge in [0.05, 0.1) is 13.2 Å². The van der Waals surface area contributed by atoms with Crippen LogP contribution in [0.4, 0.5) is 5.69 Å². The van der Waals surface area contributed by atoms with Crippen molar-refractivity contribution in [3.05, 3.63) is 53.6 Å². The molecule has 2 aromatic rings. The molecule has 1 atom stereocenters. The zero-order chi connectivity index (χ0) is 18.2. The zero-order valence-electron chi connectivity index (χ0n) is 15.5. The van der Waals surface area contributed by atoms with Crippen molar-refractivity contribution in [2.45, 2.75) is 40.0 Å². The number of hydrogen-bond donors (Lipinski definition) is 1. The molecule has 4 nitrogen and oxygen atoms in total. The molecule has 0 saturated heterocycles. The van der Waals surface area contributed by atoms with Crippen LogP contribution in [0.2, 0.25) is 0 Å². The summed E-state index contributed by atoms with van der Waals surface area (Å²) in [7, 11) is 0. The maximum atomic E-state index is 12.5. The Morgan fingerprint density at radius 2 is 1.60 bits per heavy atom. The van der Waals surface area contributed by atoms with E-state index in [1.165, 1.54) is 5.56 Å². The second-order valence-electron chi connectivity index (χ2n) is 5.91. The minimum atomic E-state index is -0.166. The van der Waals surface area contributed by atoms with E-state index in [9.17, 15) is 4.79 Å². The summed E-state index contributed by atoms with van der Waals surface area (Å²) in [4.78, 5) is 12.5. The number of nitrogens with one attached hydrogen (secondary N) is 1. The van der Waals surface area contributed by atoms with E-state index in [-0.39, 0.29) is 5.91 Å². The number of hydrogen-bond acceptors (Lipinski definition) is 3. The predicted octanol–water partition coefficient (Wildman–Crippen LogP) is 5.25. The fraction of sp³-hybridized carbons (Fsp3) is 0.381. The molecule has 2 rings (SSSR count). The van der Waals surface area contributed by atoms with Crippen molar-refractivity contribution in [2.24, 2.45) is 0 Å². The minimum Gasteiger partial charge on any atom is -0.490 e. The number of carbonyl (C=O) groups excluding carboxylic acids is 1. The number of benzene rings is 2. The van der Waals surface area contributed by atoms with Gasteiger partial charge in [-0.2, -0.15) is 0 Å². The van der Waals surface area contributed by atoms with Crippen molar-refractivity contribution in [3.63, 3.8) is 0 Å². The molecule has 134 valence electrons. The molecule has 0 radical (unpaired) electrons. The van der Waals surface area contributed by atoms with E-state index in [2.05, 4.69) is 31.3 Å². The van der Waals surface area contributed by atoms with Gasteiger partial charge in [0.25, 0.3) is 5.91 Å². The van der Waals surface area contributed by atoms with Gasteiger partial charge < -0.3 is 14.8 Å². The van der Waals surface area contributed by atoms with Crippen molar-refractivity contribution >= 4 is 11.6 Å². The third kappa shape index (κ3) is 4.99. The molecular weight excluding hydrogens is 314 g/mol. The van der Waals surface area contributed by atoms with Crippen molar-refractivity contribution in [1.82, 2.24) is 0 Å². The van der Waals surface area contributed by atoms with Crippen molar-refractivity contribution < 1.29 is 14.3 Å². The second-order valence-corrected chi connectivity index (χ2v) is 5.91. The minimum absolute atomic E-state index is 0.166. The topological polar surface area (TPSA) is 47.6 Å². The van der Waals surface area contributed by atoms with E-state index in [4.69, 9.17) is 9.47 Å². The molecule has 0 heterocycles. The average Bonchev–Trinajstić information content (AvgIpc) is 2.63. The summed E-state index contributed by atoms with van der Waals surface area (Å²) in [5.41, 5.74) is 2.60. The van der Waals surface area contributed by atoms with Crippen LogP contribution in [0.3, 0.4) is 0 Å². The van der Waals surface area contributed by atoms with Crippen molar-refractivity contribution in [2.75, 3.05) is 18.5 Å². The van der Waals surface area contributed by atoms with Gasteiger partial charge >= 0.3 is 0 Å². The average molecular weight is 341 g/mol. The molecule has 0 fully saturated rings. The molecule has 0 spiro atoms. The number of anilines is 1. The van der Waals surface area contributed by atoms with Crippen LogP contribution in [0.5, 0.6) is 11.5 Å². The molecule has 0 aromatic heterocycles. The number of ether oxygens (including phenoxy) is 2. The highest BCUT2D eigenvalue weighted by Gasteiger charge is 2.12. The van der Waals surface area contributed by atoms with E-state index in [0.717, 1.165) is 12.1 Å². The monoisotopic (exact) mass is 341 g/mol. The van der Waals surface area contributed by atoms with Crippen LogP contribution < -0.4 is 14.8 Å². The maximum absolute atomic E-state index is 12.5. The summed E-state index contributed by atoms with van der Waals surface area (Å²) >= 11 is 0. The van der Waals surface area contributed by atoms with Crippen LogP contribution in [-0.2, 0) is 0 Å². The maximum Gasteiger partial charge on any atom is 0.255 e. The Kier molecular flexibility index (Phi) is 6.87. The lowest BCUT2D eigenvalue weighted by Gasteiger charge is -2.13. The Morgan fingerprint density at radius 1 is 0.960 bits per heavy atom. The van der Waals surface area contributed by atoms with Crippen molar-refractivity contribution in [1.29, 1.82) is 0 Å². The first-order valence-electron chi connectivity index (χ1n) is 8.89. The lowest BCUT2D eigenvalue weighted by molar-refractivity contribution is 0.102. The molecule has 1 unspecified atom stereocenters. The van der Waals surface area contributed by atoms with Crippen molar-refractivity contribution in [3.8, 4) is 11.5 Å². The second kappa shape index (κ2) is 9.11. The Labute approximate surface area is 150 Å². The third-order valence-corrected chi connectivity index (χ3v) is 4.16. The van der Waals surface area contributed by atoms with Crippen LogP contribution in [-0.4, -0.2) is 19.1 Å². The largest absolute Gasteiger partial charge is 0.490 e. The molecule has 0 saturated carbocycles. The number of rotatable bonds is 8. The normalized spacial score (nSPS) is 11.7. The summed E-state index contributed by atoms with van der Waals surface area (Å²) < 4.78 is 11.1. The van der Waals surface area contributed by atoms with Crippen LogP contribution in [0.1, 0.15) is 56.0 Å². The van der Waals surface area contributed by atoms with Gasteiger partial charge in [0.15, 0.2) is 11.5 Å². The molecule has 2 aromatic carbocycles. The number of amides is 1.